The normalized spacial score (nSPS) is 16.2. The minimum Gasteiger partial charge on any atom is -0.478 e. The molecule has 1 heterocycles. The standard InChI is InChI=1S/C23H30N2O4/c1-17-20(23(26)27)8-6-10-21(17)24(2)13-11-18-7-4-5-9-22(18)25-14-12-19(15-25)29-16-28-3/h4-10,19H,11-16H2,1-3H3,(H,26,27)/t19-/m0/s1. The van der Waals surface area contributed by atoms with Crippen molar-refractivity contribution < 1.29 is 19.4 Å². The number of likely N-dealkylation sites (N-methyl/N-ethyl adjacent to an activating group) is 1. The molecular weight excluding hydrogens is 368 g/mol. The van der Waals surface area contributed by atoms with Crippen LogP contribution in [0, 0.1) is 6.92 Å². The van der Waals surface area contributed by atoms with E-state index in [9.17, 15) is 9.90 Å². The van der Waals surface area contributed by atoms with Crippen molar-refractivity contribution >= 4 is 17.3 Å². The van der Waals surface area contributed by atoms with E-state index in [1.807, 2.05) is 20.0 Å². The second-order valence-electron chi connectivity index (χ2n) is 7.49. The lowest BCUT2D eigenvalue weighted by Crippen LogP contribution is -2.26. The number of aromatic carboxylic acids is 1. The summed E-state index contributed by atoms with van der Waals surface area (Å²) in [5.41, 5.74) is 4.65. The molecule has 0 bridgehead atoms. The predicted molar refractivity (Wildman–Crippen MR) is 115 cm³/mol. The fourth-order valence-corrected chi connectivity index (χ4v) is 3.96. The Bertz CT molecular complexity index is 839. The Hall–Kier alpha value is -2.57. The van der Waals surface area contributed by atoms with Crippen molar-refractivity contribution in [1.82, 2.24) is 0 Å². The van der Waals surface area contributed by atoms with Crippen LogP contribution in [0.2, 0.25) is 0 Å². The molecular formula is C23H30N2O4. The van der Waals surface area contributed by atoms with Gasteiger partial charge >= 0.3 is 5.97 Å². The fraction of sp³-hybridized carbons (Fsp3) is 0.435. The van der Waals surface area contributed by atoms with Gasteiger partial charge in [-0.3, -0.25) is 0 Å². The number of carboxylic acid groups (broad SMARTS) is 1. The first-order valence-corrected chi connectivity index (χ1v) is 9.98. The zero-order valence-corrected chi connectivity index (χ0v) is 17.4. The number of hydrogen-bond acceptors (Lipinski definition) is 5. The van der Waals surface area contributed by atoms with Gasteiger partial charge in [-0.2, -0.15) is 0 Å². The Balaban J connectivity index is 1.68. The molecule has 1 aliphatic rings. The number of nitrogens with zero attached hydrogens (tertiary/aromatic N) is 2. The van der Waals surface area contributed by atoms with Crippen molar-refractivity contribution in [2.75, 3.05) is 50.4 Å². The SMILES string of the molecule is COCO[C@H]1CCN(c2ccccc2CCN(C)c2cccc(C(=O)O)c2C)C1. The number of methoxy groups -OCH3 is 1. The summed E-state index contributed by atoms with van der Waals surface area (Å²) in [4.78, 5) is 15.9. The highest BCUT2D eigenvalue weighted by Crippen LogP contribution is 2.27. The van der Waals surface area contributed by atoms with Crippen LogP contribution in [0.4, 0.5) is 11.4 Å². The maximum atomic E-state index is 11.4. The van der Waals surface area contributed by atoms with Crippen LogP contribution < -0.4 is 9.80 Å². The van der Waals surface area contributed by atoms with Gasteiger partial charge in [0.2, 0.25) is 0 Å². The Kier molecular flexibility index (Phi) is 7.12. The number of anilines is 2. The summed E-state index contributed by atoms with van der Waals surface area (Å²) in [5, 5.41) is 9.37. The molecule has 0 radical (unpaired) electrons. The first-order valence-electron chi connectivity index (χ1n) is 9.98. The molecule has 0 saturated carbocycles. The number of hydrogen-bond donors (Lipinski definition) is 1. The summed E-state index contributed by atoms with van der Waals surface area (Å²) in [6.45, 7) is 4.85. The highest BCUT2D eigenvalue weighted by Gasteiger charge is 2.24. The van der Waals surface area contributed by atoms with Gasteiger partial charge in [0.15, 0.2) is 0 Å². The summed E-state index contributed by atoms with van der Waals surface area (Å²) >= 11 is 0. The largest absolute Gasteiger partial charge is 0.478 e. The van der Waals surface area contributed by atoms with Gasteiger partial charge in [-0.1, -0.05) is 24.3 Å². The van der Waals surface area contributed by atoms with E-state index < -0.39 is 5.97 Å². The lowest BCUT2D eigenvalue weighted by atomic mass is 10.0. The van der Waals surface area contributed by atoms with Gasteiger partial charge in [0.25, 0.3) is 0 Å². The third-order valence-corrected chi connectivity index (χ3v) is 5.56. The minimum atomic E-state index is -0.887. The molecule has 29 heavy (non-hydrogen) atoms. The number of carboxylic acids is 1. The van der Waals surface area contributed by atoms with Gasteiger partial charge < -0.3 is 24.4 Å². The molecule has 1 aliphatic heterocycles. The quantitative estimate of drug-likeness (QED) is 0.652. The maximum Gasteiger partial charge on any atom is 0.336 e. The van der Waals surface area contributed by atoms with Crippen LogP contribution in [0.15, 0.2) is 42.5 Å². The van der Waals surface area contributed by atoms with E-state index in [4.69, 9.17) is 9.47 Å². The fourth-order valence-electron chi connectivity index (χ4n) is 3.96. The van der Waals surface area contributed by atoms with Gasteiger partial charge in [0.05, 0.1) is 11.7 Å². The molecule has 0 unspecified atom stereocenters. The predicted octanol–water partition coefficient (Wildman–Crippen LogP) is 3.57. The second kappa shape index (κ2) is 9.76. The van der Waals surface area contributed by atoms with Crippen molar-refractivity contribution in [2.45, 2.75) is 25.9 Å². The number of benzene rings is 2. The van der Waals surface area contributed by atoms with Crippen molar-refractivity contribution in [1.29, 1.82) is 0 Å². The molecule has 1 saturated heterocycles. The van der Waals surface area contributed by atoms with Gasteiger partial charge in [-0.25, -0.2) is 4.79 Å². The molecule has 0 aromatic heterocycles. The molecule has 0 aliphatic carbocycles. The topological polar surface area (TPSA) is 62.2 Å². The van der Waals surface area contributed by atoms with E-state index in [-0.39, 0.29) is 6.10 Å². The lowest BCUT2D eigenvalue weighted by molar-refractivity contribution is -0.0636. The van der Waals surface area contributed by atoms with E-state index >= 15 is 0 Å². The Morgan fingerprint density at radius 3 is 2.79 bits per heavy atom. The van der Waals surface area contributed by atoms with Gasteiger partial charge in [-0.05, 0) is 49.1 Å². The first kappa shape index (κ1) is 21.1. The average molecular weight is 399 g/mol. The van der Waals surface area contributed by atoms with Crippen LogP contribution in [-0.4, -0.2) is 57.8 Å². The number of para-hydroxylation sites is 1. The minimum absolute atomic E-state index is 0.201. The van der Waals surface area contributed by atoms with Crippen molar-refractivity contribution in [2.24, 2.45) is 0 Å². The van der Waals surface area contributed by atoms with Gasteiger partial charge in [-0.15, -0.1) is 0 Å². The summed E-state index contributed by atoms with van der Waals surface area (Å²) in [6.07, 6.45) is 2.08. The van der Waals surface area contributed by atoms with Crippen LogP contribution in [0.5, 0.6) is 0 Å². The van der Waals surface area contributed by atoms with E-state index in [0.29, 0.717) is 12.4 Å². The summed E-state index contributed by atoms with van der Waals surface area (Å²) < 4.78 is 10.7. The Morgan fingerprint density at radius 1 is 1.24 bits per heavy atom. The molecule has 1 N–H and O–H groups in total. The number of carbonyl (C=O) groups is 1. The van der Waals surface area contributed by atoms with Crippen LogP contribution >= 0.6 is 0 Å². The molecule has 6 nitrogen and oxygen atoms in total. The first-order chi connectivity index (χ1) is 14.0. The smallest absolute Gasteiger partial charge is 0.336 e. The Labute approximate surface area is 172 Å². The van der Waals surface area contributed by atoms with Gasteiger partial charge in [0.1, 0.15) is 6.79 Å². The number of ether oxygens (including phenoxy) is 2. The summed E-state index contributed by atoms with van der Waals surface area (Å²) in [5.74, 6) is -0.887. The van der Waals surface area contributed by atoms with E-state index in [1.165, 1.54) is 11.3 Å². The zero-order chi connectivity index (χ0) is 20.8. The van der Waals surface area contributed by atoms with Crippen LogP contribution in [-0.2, 0) is 15.9 Å². The van der Waals surface area contributed by atoms with E-state index in [0.717, 1.165) is 43.7 Å². The zero-order valence-electron chi connectivity index (χ0n) is 17.4. The van der Waals surface area contributed by atoms with E-state index in [1.54, 1.807) is 19.2 Å². The van der Waals surface area contributed by atoms with E-state index in [2.05, 4.69) is 34.1 Å². The molecule has 1 fully saturated rings. The number of rotatable bonds is 9. The molecule has 3 rings (SSSR count). The highest BCUT2D eigenvalue weighted by molar-refractivity contribution is 5.91. The molecule has 2 aromatic rings. The van der Waals surface area contributed by atoms with Crippen molar-refractivity contribution in [3.05, 3.63) is 59.2 Å². The second-order valence-corrected chi connectivity index (χ2v) is 7.49. The molecule has 6 heteroatoms. The Morgan fingerprint density at radius 2 is 2.03 bits per heavy atom. The molecule has 0 amide bonds. The third kappa shape index (κ3) is 5.08. The maximum absolute atomic E-state index is 11.4. The van der Waals surface area contributed by atoms with Gasteiger partial charge in [0, 0.05) is 45.2 Å². The summed E-state index contributed by atoms with van der Waals surface area (Å²) in [7, 11) is 3.66. The lowest BCUT2D eigenvalue weighted by Gasteiger charge is -2.25. The molecule has 156 valence electrons. The molecule has 2 aromatic carbocycles. The third-order valence-electron chi connectivity index (χ3n) is 5.56. The average Bonchev–Trinajstić information content (AvgIpc) is 3.19. The molecule has 1 atom stereocenters. The van der Waals surface area contributed by atoms with Crippen molar-refractivity contribution in [3.63, 3.8) is 0 Å². The van der Waals surface area contributed by atoms with Crippen molar-refractivity contribution in [3.8, 4) is 0 Å². The van der Waals surface area contributed by atoms with Crippen LogP contribution in [0.1, 0.15) is 27.9 Å². The van der Waals surface area contributed by atoms with Crippen LogP contribution in [0.25, 0.3) is 0 Å². The highest BCUT2D eigenvalue weighted by atomic mass is 16.7. The molecule has 0 spiro atoms. The summed E-state index contributed by atoms with van der Waals surface area (Å²) in [6, 6.07) is 13.9. The monoisotopic (exact) mass is 398 g/mol. The van der Waals surface area contributed by atoms with Crippen LogP contribution in [0.3, 0.4) is 0 Å².